The number of aromatic nitrogens is 3. The number of imidazole rings is 1. The minimum Gasteiger partial charge on any atom is -0.494 e. The molecule has 0 amide bonds. The maximum absolute atomic E-state index is 13.6. The summed E-state index contributed by atoms with van der Waals surface area (Å²) in [5.74, 6) is 0.0824. The number of halogens is 1. The summed E-state index contributed by atoms with van der Waals surface area (Å²) in [5.41, 5.74) is 3.94. The molecule has 3 aromatic rings. The lowest BCUT2D eigenvalue weighted by Crippen LogP contribution is -1.98. The molecule has 0 atom stereocenters. The summed E-state index contributed by atoms with van der Waals surface area (Å²) in [5, 5.41) is 0. The molecule has 0 fully saturated rings. The van der Waals surface area contributed by atoms with Crippen LogP contribution in [0.15, 0.2) is 18.5 Å². The van der Waals surface area contributed by atoms with Gasteiger partial charge in [0.05, 0.1) is 29.5 Å². The molecule has 5 heteroatoms. The Balaban J connectivity index is 0.000000704. The van der Waals surface area contributed by atoms with Crippen LogP contribution in [-0.4, -0.2) is 21.5 Å². The summed E-state index contributed by atoms with van der Waals surface area (Å²) in [7, 11) is 1.51. The molecule has 0 spiro atoms. The first-order valence-electron chi connectivity index (χ1n) is 6.59. The topological polar surface area (TPSA) is 39.4 Å². The van der Waals surface area contributed by atoms with Crippen LogP contribution in [0.5, 0.6) is 5.75 Å². The van der Waals surface area contributed by atoms with E-state index in [1.54, 1.807) is 6.33 Å². The Hall–Kier alpha value is -2.17. The van der Waals surface area contributed by atoms with Crippen molar-refractivity contribution in [3.63, 3.8) is 0 Å². The Morgan fingerprint density at radius 1 is 1.15 bits per heavy atom. The van der Waals surface area contributed by atoms with Gasteiger partial charge in [-0.25, -0.2) is 14.4 Å². The highest BCUT2D eigenvalue weighted by Crippen LogP contribution is 2.28. The van der Waals surface area contributed by atoms with Crippen molar-refractivity contribution in [1.82, 2.24) is 14.4 Å². The van der Waals surface area contributed by atoms with Crippen molar-refractivity contribution in [3.8, 4) is 5.75 Å². The third-order valence-electron chi connectivity index (χ3n) is 3.07. The van der Waals surface area contributed by atoms with Crippen LogP contribution in [0.3, 0.4) is 0 Å². The van der Waals surface area contributed by atoms with Crippen LogP contribution in [0.25, 0.3) is 16.6 Å². The van der Waals surface area contributed by atoms with E-state index in [0.717, 1.165) is 16.9 Å². The Kier molecular flexibility index (Phi) is 3.88. The quantitative estimate of drug-likeness (QED) is 0.680. The Morgan fingerprint density at radius 3 is 2.50 bits per heavy atom. The van der Waals surface area contributed by atoms with Crippen LogP contribution in [0.1, 0.15) is 25.2 Å². The molecule has 2 aromatic heterocycles. The SMILES string of the molecule is CC.COc1cc(F)cc2c1nc(C)c1c(C)ncn12. The smallest absolute Gasteiger partial charge is 0.149 e. The summed E-state index contributed by atoms with van der Waals surface area (Å²) >= 11 is 0. The van der Waals surface area contributed by atoms with E-state index in [-0.39, 0.29) is 5.82 Å². The van der Waals surface area contributed by atoms with Crippen molar-refractivity contribution in [3.05, 3.63) is 35.7 Å². The lowest BCUT2D eigenvalue weighted by atomic mass is 10.2. The van der Waals surface area contributed by atoms with E-state index in [4.69, 9.17) is 4.74 Å². The highest BCUT2D eigenvalue weighted by Gasteiger charge is 2.13. The van der Waals surface area contributed by atoms with Gasteiger partial charge in [-0.2, -0.15) is 0 Å². The van der Waals surface area contributed by atoms with Gasteiger partial charge in [-0.05, 0) is 13.8 Å². The Labute approximate surface area is 117 Å². The number of fused-ring (bicyclic) bond motifs is 3. The molecule has 0 unspecified atom stereocenters. The fraction of sp³-hybridized carbons (Fsp3) is 0.333. The standard InChI is InChI=1S/C13H12FN3O.C2H6/c1-7-13-8(2)16-12-10(17(13)6-15-7)4-9(14)5-11(12)18-3;1-2/h4-6H,1-3H3;1-2H3. The van der Waals surface area contributed by atoms with Crippen molar-refractivity contribution in [2.75, 3.05) is 7.11 Å². The van der Waals surface area contributed by atoms with Gasteiger partial charge in [0.2, 0.25) is 0 Å². The first-order valence-corrected chi connectivity index (χ1v) is 6.59. The van der Waals surface area contributed by atoms with E-state index in [2.05, 4.69) is 9.97 Å². The van der Waals surface area contributed by atoms with Crippen LogP contribution >= 0.6 is 0 Å². The third kappa shape index (κ3) is 2.09. The molecule has 0 aliphatic heterocycles. The number of ether oxygens (including phenoxy) is 1. The van der Waals surface area contributed by atoms with Gasteiger partial charge in [0, 0.05) is 12.1 Å². The lowest BCUT2D eigenvalue weighted by molar-refractivity contribution is 0.415. The van der Waals surface area contributed by atoms with Gasteiger partial charge in [0.1, 0.15) is 23.4 Å². The van der Waals surface area contributed by atoms with Crippen molar-refractivity contribution >= 4 is 16.6 Å². The second-order valence-electron chi connectivity index (χ2n) is 4.22. The van der Waals surface area contributed by atoms with Crippen molar-refractivity contribution in [1.29, 1.82) is 0 Å². The molecule has 3 rings (SSSR count). The molecule has 1 aromatic carbocycles. The molecular weight excluding hydrogens is 257 g/mol. The molecular formula is C15H18FN3O. The van der Waals surface area contributed by atoms with Crippen LogP contribution in [0, 0.1) is 19.7 Å². The van der Waals surface area contributed by atoms with E-state index < -0.39 is 0 Å². The molecule has 0 saturated carbocycles. The second kappa shape index (κ2) is 5.45. The minimum absolute atomic E-state index is 0.349. The molecule has 20 heavy (non-hydrogen) atoms. The van der Waals surface area contributed by atoms with E-state index in [1.165, 1.54) is 19.2 Å². The predicted molar refractivity (Wildman–Crippen MR) is 77.8 cm³/mol. The maximum atomic E-state index is 13.6. The van der Waals surface area contributed by atoms with Crippen molar-refractivity contribution < 1.29 is 9.13 Å². The van der Waals surface area contributed by atoms with Crippen molar-refractivity contribution in [2.24, 2.45) is 0 Å². The molecule has 106 valence electrons. The zero-order valence-electron chi connectivity index (χ0n) is 12.4. The van der Waals surface area contributed by atoms with Crippen LogP contribution in [-0.2, 0) is 0 Å². The summed E-state index contributed by atoms with van der Waals surface area (Å²) in [6, 6.07) is 2.78. The number of benzene rings is 1. The first-order chi connectivity index (χ1) is 9.61. The van der Waals surface area contributed by atoms with E-state index >= 15 is 0 Å². The molecule has 0 aliphatic rings. The summed E-state index contributed by atoms with van der Waals surface area (Å²) < 4.78 is 20.6. The number of aryl methyl sites for hydroxylation is 2. The molecule has 0 N–H and O–H groups in total. The van der Waals surface area contributed by atoms with Crippen LogP contribution in [0.4, 0.5) is 4.39 Å². The number of rotatable bonds is 1. The molecule has 0 aliphatic carbocycles. The van der Waals surface area contributed by atoms with E-state index in [0.29, 0.717) is 16.8 Å². The predicted octanol–water partition coefficient (Wildman–Crippen LogP) is 3.67. The van der Waals surface area contributed by atoms with Gasteiger partial charge < -0.3 is 4.74 Å². The van der Waals surface area contributed by atoms with Gasteiger partial charge in [0.25, 0.3) is 0 Å². The largest absolute Gasteiger partial charge is 0.494 e. The van der Waals surface area contributed by atoms with E-state index in [9.17, 15) is 4.39 Å². The van der Waals surface area contributed by atoms with Gasteiger partial charge in [-0.3, -0.25) is 4.40 Å². The molecule has 4 nitrogen and oxygen atoms in total. The van der Waals surface area contributed by atoms with Gasteiger partial charge in [-0.15, -0.1) is 0 Å². The normalized spacial score (nSPS) is 10.5. The lowest BCUT2D eigenvalue weighted by Gasteiger charge is -2.09. The van der Waals surface area contributed by atoms with Gasteiger partial charge in [-0.1, -0.05) is 13.8 Å². The minimum atomic E-state index is -0.349. The maximum Gasteiger partial charge on any atom is 0.149 e. The monoisotopic (exact) mass is 275 g/mol. The highest BCUT2D eigenvalue weighted by molar-refractivity contribution is 5.85. The zero-order chi connectivity index (χ0) is 14.9. The number of hydrogen-bond donors (Lipinski definition) is 0. The number of hydrogen-bond acceptors (Lipinski definition) is 3. The van der Waals surface area contributed by atoms with E-state index in [1.807, 2.05) is 32.1 Å². The fourth-order valence-corrected chi connectivity index (χ4v) is 2.29. The Morgan fingerprint density at radius 2 is 1.85 bits per heavy atom. The van der Waals surface area contributed by atoms with Gasteiger partial charge in [0.15, 0.2) is 0 Å². The number of nitrogens with zero attached hydrogens (tertiary/aromatic N) is 3. The van der Waals surface area contributed by atoms with Crippen LogP contribution < -0.4 is 4.74 Å². The van der Waals surface area contributed by atoms with Gasteiger partial charge >= 0.3 is 0 Å². The second-order valence-corrected chi connectivity index (χ2v) is 4.22. The van der Waals surface area contributed by atoms with Crippen molar-refractivity contribution in [2.45, 2.75) is 27.7 Å². The van der Waals surface area contributed by atoms with Crippen LogP contribution in [0.2, 0.25) is 0 Å². The fourth-order valence-electron chi connectivity index (χ4n) is 2.29. The number of methoxy groups -OCH3 is 1. The summed E-state index contributed by atoms with van der Waals surface area (Å²) in [6.45, 7) is 7.82. The summed E-state index contributed by atoms with van der Waals surface area (Å²) in [6.07, 6.45) is 1.68. The molecule has 0 radical (unpaired) electrons. The molecule has 0 saturated heterocycles. The molecule has 2 heterocycles. The average molecular weight is 275 g/mol. The Bertz CT molecular complexity index is 765. The average Bonchev–Trinajstić information content (AvgIpc) is 2.84. The highest BCUT2D eigenvalue weighted by atomic mass is 19.1. The third-order valence-corrected chi connectivity index (χ3v) is 3.07. The molecule has 0 bridgehead atoms. The summed E-state index contributed by atoms with van der Waals surface area (Å²) in [4.78, 5) is 8.75. The zero-order valence-corrected chi connectivity index (χ0v) is 12.4. The first kappa shape index (κ1) is 14.2.